The van der Waals surface area contributed by atoms with Gasteiger partial charge < -0.3 is 29.7 Å². The summed E-state index contributed by atoms with van der Waals surface area (Å²) in [6, 6.07) is 11.2. The SMILES string of the molecule is CC(NC(=O)[C@H]1CCCO1)C(Oc1ccc(C(=O)N[C@H]2CCCN(C(=O)OC(C)(C)C)C2)nc1)c1ccc(C2CC2)cc1. The molecule has 0 spiro atoms. The van der Waals surface area contributed by atoms with Gasteiger partial charge in [-0.05, 0) is 95.4 Å². The quantitative estimate of drug-likeness (QED) is 0.426. The predicted octanol–water partition coefficient (Wildman–Crippen LogP) is 4.89. The lowest BCUT2D eigenvalue weighted by molar-refractivity contribution is -0.131. The number of likely N-dealkylation sites (tertiary alicyclic amines) is 1. The summed E-state index contributed by atoms with van der Waals surface area (Å²) in [4.78, 5) is 44.3. The molecule has 2 aliphatic heterocycles. The number of pyridine rings is 1. The first kappa shape index (κ1) is 30.8. The first-order chi connectivity index (χ1) is 20.6. The summed E-state index contributed by atoms with van der Waals surface area (Å²) in [7, 11) is 0. The highest BCUT2D eigenvalue weighted by atomic mass is 16.6. The van der Waals surface area contributed by atoms with Crippen molar-refractivity contribution >= 4 is 17.9 Å². The summed E-state index contributed by atoms with van der Waals surface area (Å²) in [5.41, 5.74) is 1.95. The molecular weight excluding hydrogens is 548 g/mol. The maximum Gasteiger partial charge on any atom is 0.410 e. The van der Waals surface area contributed by atoms with Gasteiger partial charge in [0.15, 0.2) is 0 Å². The number of aromatic nitrogens is 1. The van der Waals surface area contributed by atoms with Crippen LogP contribution in [0.15, 0.2) is 42.6 Å². The van der Waals surface area contributed by atoms with Gasteiger partial charge in [-0.3, -0.25) is 9.59 Å². The van der Waals surface area contributed by atoms with Crippen molar-refractivity contribution in [1.82, 2.24) is 20.5 Å². The van der Waals surface area contributed by atoms with Crippen LogP contribution in [0.1, 0.15) is 99.9 Å². The summed E-state index contributed by atoms with van der Waals surface area (Å²) >= 11 is 0. The lowest BCUT2D eigenvalue weighted by Gasteiger charge is -2.34. The Morgan fingerprint density at radius 2 is 1.79 bits per heavy atom. The zero-order valence-electron chi connectivity index (χ0n) is 25.6. The average molecular weight is 593 g/mol. The van der Waals surface area contributed by atoms with Crippen LogP contribution in [0.4, 0.5) is 4.79 Å². The molecule has 2 unspecified atom stereocenters. The van der Waals surface area contributed by atoms with Gasteiger partial charge in [0, 0.05) is 25.7 Å². The second kappa shape index (κ2) is 13.3. The Labute approximate surface area is 253 Å². The molecule has 0 bridgehead atoms. The fourth-order valence-corrected chi connectivity index (χ4v) is 5.59. The number of hydrogen-bond acceptors (Lipinski definition) is 7. The number of piperidine rings is 1. The molecule has 4 atom stereocenters. The minimum absolute atomic E-state index is 0.133. The minimum atomic E-state index is -0.576. The molecule has 3 fully saturated rings. The van der Waals surface area contributed by atoms with Gasteiger partial charge in [-0.1, -0.05) is 24.3 Å². The van der Waals surface area contributed by atoms with Gasteiger partial charge in [0.05, 0.1) is 12.2 Å². The lowest BCUT2D eigenvalue weighted by atomic mass is 10.00. The molecular formula is C33H44N4O6. The van der Waals surface area contributed by atoms with E-state index < -0.39 is 17.8 Å². The number of carbonyl (C=O) groups excluding carboxylic acids is 3. The summed E-state index contributed by atoms with van der Waals surface area (Å²) in [6.45, 7) is 9.02. The Morgan fingerprint density at radius 1 is 1.02 bits per heavy atom. The average Bonchev–Trinajstić information content (AvgIpc) is 3.68. The molecule has 3 heterocycles. The molecule has 5 rings (SSSR count). The van der Waals surface area contributed by atoms with Gasteiger partial charge in [0.2, 0.25) is 5.91 Å². The molecule has 2 aromatic rings. The van der Waals surface area contributed by atoms with E-state index in [1.54, 1.807) is 17.0 Å². The van der Waals surface area contributed by atoms with Crippen molar-refractivity contribution in [3.8, 4) is 5.75 Å². The number of rotatable bonds is 9. The number of nitrogens with zero attached hydrogens (tertiary/aromatic N) is 2. The number of amides is 3. The van der Waals surface area contributed by atoms with Crippen LogP contribution in [-0.2, 0) is 14.3 Å². The number of nitrogens with one attached hydrogen (secondary N) is 2. The highest BCUT2D eigenvalue weighted by Gasteiger charge is 2.31. The van der Waals surface area contributed by atoms with Gasteiger partial charge in [0.25, 0.3) is 5.91 Å². The fourth-order valence-electron chi connectivity index (χ4n) is 5.59. The largest absolute Gasteiger partial charge is 0.482 e. The molecule has 3 aliphatic rings. The van der Waals surface area contributed by atoms with Crippen LogP contribution in [0, 0.1) is 0 Å². The molecule has 10 heteroatoms. The second-order valence-electron chi connectivity index (χ2n) is 12.9. The summed E-state index contributed by atoms with van der Waals surface area (Å²) in [5, 5.41) is 6.08. The summed E-state index contributed by atoms with van der Waals surface area (Å²) < 4.78 is 17.5. The van der Waals surface area contributed by atoms with E-state index in [1.807, 2.05) is 27.7 Å². The Bertz CT molecular complexity index is 1270. The smallest absolute Gasteiger partial charge is 0.410 e. The molecule has 2 saturated heterocycles. The molecule has 1 aromatic heterocycles. The van der Waals surface area contributed by atoms with Crippen LogP contribution >= 0.6 is 0 Å². The lowest BCUT2D eigenvalue weighted by Crippen LogP contribution is -2.50. The highest BCUT2D eigenvalue weighted by molar-refractivity contribution is 5.92. The highest BCUT2D eigenvalue weighted by Crippen LogP contribution is 2.40. The third kappa shape index (κ3) is 8.46. The molecule has 0 radical (unpaired) electrons. The van der Waals surface area contributed by atoms with Crippen LogP contribution in [0.25, 0.3) is 0 Å². The Balaban J connectivity index is 1.22. The van der Waals surface area contributed by atoms with Gasteiger partial charge in [-0.25, -0.2) is 9.78 Å². The molecule has 232 valence electrons. The molecule has 1 aromatic carbocycles. The summed E-state index contributed by atoms with van der Waals surface area (Å²) in [6.07, 6.45) is 5.84. The number of carbonyl (C=O) groups is 3. The Morgan fingerprint density at radius 3 is 2.42 bits per heavy atom. The maximum absolute atomic E-state index is 13.0. The molecule has 3 amide bonds. The number of hydrogen-bond donors (Lipinski definition) is 2. The maximum atomic E-state index is 13.0. The van der Waals surface area contributed by atoms with Crippen LogP contribution < -0.4 is 15.4 Å². The van der Waals surface area contributed by atoms with Gasteiger partial charge >= 0.3 is 6.09 Å². The van der Waals surface area contributed by atoms with E-state index in [1.165, 1.54) is 24.6 Å². The van der Waals surface area contributed by atoms with Crippen molar-refractivity contribution in [2.75, 3.05) is 19.7 Å². The molecule has 2 N–H and O–H groups in total. The zero-order chi connectivity index (χ0) is 30.6. The van der Waals surface area contributed by atoms with Crippen LogP contribution in [-0.4, -0.2) is 71.3 Å². The van der Waals surface area contributed by atoms with Crippen LogP contribution in [0.5, 0.6) is 5.75 Å². The van der Waals surface area contributed by atoms with Crippen molar-refractivity contribution in [1.29, 1.82) is 0 Å². The Hall–Kier alpha value is -3.66. The molecule has 1 saturated carbocycles. The van der Waals surface area contributed by atoms with Crippen LogP contribution in [0.3, 0.4) is 0 Å². The zero-order valence-corrected chi connectivity index (χ0v) is 25.6. The van der Waals surface area contributed by atoms with E-state index in [0.717, 1.165) is 24.8 Å². The first-order valence-corrected chi connectivity index (χ1v) is 15.5. The summed E-state index contributed by atoms with van der Waals surface area (Å²) in [5.74, 6) is 0.681. The van der Waals surface area contributed by atoms with Crippen molar-refractivity contribution in [3.63, 3.8) is 0 Å². The van der Waals surface area contributed by atoms with E-state index in [4.69, 9.17) is 14.2 Å². The topological polar surface area (TPSA) is 119 Å². The van der Waals surface area contributed by atoms with E-state index in [2.05, 4.69) is 39.9 Å². The standard InChI is InChI=1S/C33H44N4O6/c1-21(35-31(39)28-8-6-18-41-28)29(24-13-11-23(12-14-24)22-9-10-22)42-26-15-16-27(34-19-26)30(38)36-25-7-5-17-37(20-25)32(40)43-33(2,3)4/h11-16,19,21-22,25,28-29H,5-10,17-18,20H2,1-4H3,(H,35,39)(H,36,38)/t21?,25-,28+,29?/m0/s1. The Kier molecular flexibility index (Phi) is 9.54. The van der Waals surface area contributed by atoms with Crippen molar-refractivity contribution in [2.24, 2.45) is 0 Å². The third-order valence-electron chi connectivity index (χ3n) is 8.00. The number of benzene rings is 1. The third-order valence-corrected chi connectivity index (χ3v) is 8.00. The van der Waals surface area contributed by atoms with Crippen molar-refractivity contribution in [3.05, 3.63) is 59.4 Å². The molecule has 10 nitrogen and oxygen atoms in total. The minimum Gasteiger partial charge on any atom is -0.482 e. The predicted molar refractivity (Wildman–Crippen MR) is 161 cm³/mol. The van der Waals surface area contributed by atoms with E-state index in [-0.39, 0.29) is 35.7 Å². The van der Waals surface area contributed by atoms with E-state index >= 15 is 0 Å². The normalized spacial score (nSPS) is 21.9. The van der Waals surface area contributed by atoms with Gasteiger partial charge in [-0.15, -0.1) is 0 Å². The monoisotopic (exact) mass is 592 g/mol. The second-order valence-corrected chi connectivity index (χ2v) is 12.9. The van der Waals surface area contributed by atoms with Crippen molar-refractivity contribution in [2.45, 2.75) is 102 Å². The van der Waals surface area contributed by atoms with Gasteiger partial charge in [0.1, 0.15) is 29.3 Å². The fraction of sp³-hybridized carbons (Fsp3) is 0.576. The van der Waals surface area contributed by atoms with Crippen molar-refractivity contribution < 1.29 is 28.6 Å². The first-order valence-electron chi connectivity index (χ1n) is 15.5. The van der Waals surface area contributed by atoms with E-state index in [9.17, 15) is 14.4 Å². The molecule has 1 aliphatic carbocycles. The van der Waals surface area contributed by atoms with Gasteiger partial charge in [-0.2, -0.15) is 0 Å². The molecule has 43 heavy (non-hydrogen) atoms. The number of ether oxygens (including phenoxy) is 3. The van der Waals surface area contributed by atoms with Crippen LogP contribution in [0.2, 0.25) is 0 Å². The van der Waals surface area contributed by atoms with E-state index in [0.29, 0.717) is 37.8 Å².